The number of hydrogen-bond acceptors (Lipinski definition) is 3. The highest BCUT2D eigenvalue weighted by Gasteiger charge is 2.11. The molecule has 20 heavy (non-hydrogen) atoms. The predicted molar refractivity (Wildman–Crippen MR) is 79.8 cm³/mol. The van der Waals surface area contributed by atoms with Gasteiger partial charge in [0.1, 0.15) is 5.75 Å². The molecule has 2 aromatic carbocycles. The third-order valence-electron chi connectivity index (χ3n) is 2.91. The number of benzene rings is 2. The molecule has 3 rings (SSSR count). The van der Waals surface area contributed by atoms with Crippen LogP contribution in [0.5, 0.6) is 17.4 Å². The number of nitrogens with zero attached hydrogens (tertiary/aromatic N) is 1. The smallest absolute Gasteiger partial charge is 0.263 e. The van der Waals surface area contributed by atoms with Gasteiger partial charge in [-0.1, -0.05) is 41.9 Å². The van der Waals surface area contributed by atoms with Gasteiger partial charge < -0.3 is 9.47 Å². The quantitative estimate of drug-likeness (QED) is 0.699. The summed E-state index contributed by atoms with van der Waals surface area (Å²) < 4.78 is 11.1. The summed E-state index contributed by atoms with van der Waals surface area (Å²) in [6, 6.07) is 16.9. The van der Waals surface area contributed by atoms with Crippen LogP contribution in [0.1, 0.15) is 0 Å². The summed E-state index contributed by atoms with van der Waals surface area (Å²) in [6.45, 7) is 0. The summed E-state index contributed by atoms with van der Waals surface area (Å²) in [6.07, 6.45) is 0. The molecule has 0 aliphatic rings. The van der Waals surface area contributed by atoms with Gasteiger partial charge in [0, 0.05) is 5.39 Å². The maximum Gasteiger partial charge on any atom is 0.263 e. The zero-order valence-electron chi connectivity index (χ0n) is 10.8. The molecule has 0 N–H and O–H groups in total. The summed E-state index contributed by atoms with van der Waals surface area (Å²) in [5.74, 6) is 1.67. The third kappa shape index (κ3) is 2.40. The van der Waals surface area contributed by atoms with Crippen molar-refractivity contribution in [3.63, 3.8) is 0 Å². The fourth-order valence-electron chi connectivity index (χ4n) is 1.95. The van der Waals surface area contributed by atoms with E-state index in [1.807, 2.05) is 48.5 Å². The Balaban J connectivity index is 2.11. The molecule has 1 aromatic heterocycles. The molecular formula is C16H12ClNO2. The number of rotatable bonds is 3. The summed E-state index contributed by atoms with van der Waals surface area (Å²) in [5.41, 5.74) is 0.695. The molecule has 4 heteroatoms. The Kier molecular flexibility index (Phi) is 3.44. The molecule has 100 valence electrons. The first-order chi connectivity index (χ1) is 9.78. The molecule has 1 heterocycles. The number of hydrogen-bond donors (Lipinski definition) is 0. The Morgan fingerprint density at radius 1 is 1.00 bits per heavy atom. The lowest BCUT2D eigenvalue weighted by Crippen LogP contribution is -1.94. The lowest BCUT2D eigenvalue weighted by atomic mass is 10.2. The van der Waals surface area contributed by atoms with Crippen molar-refractivity contribution in [2.24, 2.45) is 0 Å². The van der Waals surface area contributed by atoms with Gasteiger partial charge in [-0.15, -0.1) is 0 Å². The standard InChI is InChI=1S/C16H12ClNO2/c1-19-14-10-11-6-5-9-13(17)15(11)18-16(14)20-12-7-3-2-4-8-12/h2-10H,1H3. The summed E-state index contributed by atoms with van der Waals surface area (Å²) in [5, 5.41) is 1.50. The molecule has 0 atom stereocenters. The summed E-state index contributed by atoms with van der Waals surface area (Å²) in [7, 11) is 1.59. The number of aromatic nitrogens is 1. The molecule has 0 fully saturated rings. The molecule has 0 amide bonds. The Bertz CT molecular complexity index is 744. The number of pyridine rings is 1. The van der Waals surface area contributed by atoms with Crippen molar-refractivity contribution in [3.05, 3.63) is 59.6 Å². The number of ether oxygens (including phenoxy) is 2. The van der Waals surface area contributed by atoms with Crippen molar-refractivity contribution in [2.75, 3.05) is 7.11 Å². The van der Waals surface area contributed by atoms with E-state index in [1.54, 1.807) is 13.2 Å². The van der Waals surface area contributed by atoms with E-state index in [1.165, 1.54) is 0 Å². The van der Waals surface area contributed by atoms with E-state index in [2.05, 4.69) is 4.98 Å². The molecule has 0 aliphatic carbocycles. The van der Waals surface area contributed by atoms with Crippen LogP contribution in [-0.2, 0) is 0 Å². The maximum absolute atomic E-state index is 6.17. The van der Waals surface area contributed by atoms with Crippen LogP contribution >= 0.6 is 11.6 Å². The van der Waals surface area contributed by atoms with Crippen LogP contribution in [0.3, 0.4) is 0 Å². The van der Waals surface area contributed by atoms with Gasteiger partial charge in [-0.3, -0.25) is 0 Å². The molecule has 0 saturated heterocycles. The first-order valence-corrected chi connectivity index (χ1v) is 6.52. The van der Waals surface area contributed by atoms with Crippen molar-refractivity contribution >= 4 is 22.5 Å². The van der Waals surface area contributed by atoms with Gasteiger partial charge in [-0.05, 0) is 24.3 Å². The van der Waals surface area contributed by atoms with Crippen LogP contribution in [-0.4, -0.2) is 12.1 Å². The summed E-state index contributed by atoms with van der Waals surface area (Å²) in [4.78, 5) is 4.46. The van der Waals surface area contributed by atoms with Gasteiger partial charge in [0.05, 0.1) is 17.6 Å². The van der Waals surface area contributed by atoms with Gasteiger partial charge in [0.2, 0.25) is 0 Å². The zero-order valence-corrected chi connectivity index (χ0v) is 11.6. The van der Waals surface area contributed by atoms with Crippen LogP contribution in [0.2, 0.25) is 5.02 Å². The third-order valence-corrected chi connectivity index (χ3v) is 3.21. The Morgan fingerprint density at radius 2 is 1.80 bits per heavy atom. The molecule has 0 aliphatic heterocycles. The number of para-hydroxylation sites is 2. The monoisotopic (exact) mass is 285 g/mol. The average molecular weight is 286 g/mol. The van der Waals surface area contributed by atoms with Gasteiger partial charge in [-0.2, -0.15) is 0 Å². The van der Waals surface area contributed by atoms with Crippen molar-refractivity contribution < 1.29 is 9.47 Å². The minimum absolute atomic E-state index is 0.402. The second-order valence-corrected chi connectivity index (χ2v) is 4.63. The topological polar surface area (TPSA) is 31.4 Å². The normalized spacial score (nSPS) is 10.5. The largest absolute Gasteiger partial charge is 0.491 e. The Morgan fingerprint density at radius 3 is 2.55 bits per heavy atom. The fraction of sp³-hybridized carbons (Fsp3) is 0.0625. The van der Waals surface area contributed by atoms with Gasteiger partial charge >= 0.3 is 0 Å². The number of methoxy groups -OCH3 is 1. The lowest BCUT2D eigenvalue weighted by molar-refractivity contribution is 0.371. The van der Waals surface area contributed by atoms with Gasteiger partial charge in [-0.25, -0.2) is 4.98 Å². The zero-order chi connectivity index (χ0) is 13.9. The number of fused-ring (bicyclic) bond motifs is 1. The van der Waals surface area contributed by atoms with E-state index in [0.29, 0.717) is 27.9 Å². The minimum atomic E-state index is 0.402. The minimum Gasteiger partial charge on any atom is -0.491 e. The molecule has 3 aromatic rings. The average Bonchev–Trinajstić information content (AvgIpc) is 2.48. The van der Waals surface area contributed by atoms with Crippen LogP contribution in [0.15, 0.2) is 54.6 Å². The maximum atomic E-state index is 6.17. The Hall–Kier alpha value is -2.26. The van der Waals surface area contributed by atoms with E-state index in [4.69, 9.17) is 21.1 Å². The van der Waals surface area contributed by atoms with Crippen molar-refractivity contribution in [1.29, 1.82) is 0 Å². The van der Waals surface area contributed by atoms with E-state index < -0.39 is 0 Å². The molecule has 0 bridgehead atoms. The molecule has 0 radical (unpaired) electrons. The van der Waals surface area contributed by atoms with Crippen LogP contribution in [0.25, 0.3) is 10.9 Å². The molecule has 0 spiro atoms. The SMILES string of the molecule is COc1cc2cccc(Cl)c2nc1Oc1ccccc1. The van der Waals surface area contributed by atoms with Crippen molar-refractivity contribution in [2.45, 2.75) is 0 Å². The highest BCUT2D eigenvalue weighted by Crippen LogP contribution is 2.34. The number of halogens is 1. The van der Waals surface area contributed by atoms with E-state index in [9.17, 15) is 0 Å². The first-order valence-electron chi connectivity index (χ1n) is 6.14. The highest BCUT2D eigenvalue weighted by atomic mass is 35.5. The van der Waals surface area contributed by atoms with Crippen LogP contribution in [0, 0.1) is 0 Å². The van der Waals surface area contributed by atoms with Crippen LogP contribution < -0.4 is 9.47 Å². The lowest BCUT2D eigenvalue weighted by Gasteiger charge is -2.11. The van der Waals surface area contributed by atoms with Crippen LogP contribution in [0.4, 0.5) is 0 Å². The second kappa shape index (κ2) is 5.39. The molecule has 0 unspecified atom stereocenters. The molecule has 0 saturated carbocycles. The molecular weight excluding hydrogens is 274 g/mol. The summed E-state index contributed by atoms with van der Waals surface area (Å²) >= 11 is 6.17. The Labute approximate surface area is 121 Å². The van der Waals surface area contributed by atoms with Gasteiger partial charge in [0.25, 0.3) is 5.88 Å². The molecule has 3 nitrogen and oxygen atoms in total. The van der Waals surface area contributed by atoms with Crippen molar-refractivity contribution in [1.82, 2.24) is 4.98 Å². The second-order valence-electron chi connectivity index (χ2n) is 4.22. The fourth-order valence-corrected chi connectivity index (χ4v) is 2.17. The van der Waals surface area contributed by atoms with E-state index >= 15 is 0 Å². The first kappa shape index (κ1) is 12.8. The van der Waals surface area contributed by atoms with Gasteiger partial charge in [0.15, 0.2) is 5.75 Å². The van der Waals surface area contributed by atoms with E-state index in [0.717, 1.165) is 5.39 Å². The van der Waals surface area contributed by atoms with Crippen molar-refractivity contribution in [3.8, 4) is 17.4 Å². The van der Waals surface area contributed by atoms with E-state index in [-0.39, 0.29) is 0 Å². The predicted octanol–water partition coefficient (Wildman–Crippen LogP) is 4.69. The highest BCUT2D eigenvalue weighted by molar-refractivity contribution is 6.35.